The van der Waals surface area contributed by atoms with Crippen LogP contribution in [0.4, 0.5) is 0 Å². The van der Waals surface area contributed by atoms with Gasteiger partial charge in [-0.2, -0.15) is 9.57 Å². The summed E-state index contributed by atoms with van der Waals surface area (Å²) in [4.78, 5) is 24.5. The third-order valence-corrected chi connectivity index (χ3v) is 6.64. The van der Waals surface area contributed by atoms with Crippen LogP contribution in [0.15, 0.2) is 48.5 Å². The van der Waals surface area contributed by atoms with Gasteiger partial charge in [-0.3, -0.25) is 4.79 Å². The maximum atomic E-state index is 12.7. The van der Waals surface area contributed by atoms with Gasteiger partial charge in [-0.05, 0) is 29.2 Å². The van der Waals surface area contributed by atoms with Crippen molar-refractivity contribution < 1.29 is 23.1 Å². The Hall–Kier alpha value is -3.26. The van der Waals surface area contributed by atoms with Gasteiger partial charge >= 0.3 is 5.97 Å². The highest BCUT2D eigenvalue weighted by Crippen LogP contribution is 2.24. The summed E-state index contributed by atoms with van der Waals surface area (Å²) in [6.45, 7) is 0.0142. The first-order valence-electron chi connectivity index (χ1n) is 9.94. The Balaban J connectivity index is 1.74. The van der Waals surface area contributed by atoms with E-state index in [0.29, 0.717) is 11.1 Å². The number of carbonyl (C=O) groups excluding carboxylic acids is 1. The van der Waals surface area contributed by atoms with E-state index in [1.165, 1.54) is 0 Å². The Labute approximate surface area is 186 Å². The first-order chi connectivity index (χ1) is 15.1. The summed E-state index contributed by atoms with van der Waals surface area (Å²) >= 11 is 0. The van der Waals surface area contributed by atoms with Gasteiger partial charge in [0.1, 0.15) is 12.1 Å². The number of nitrogens with two attached hydrogens (primary N) is 1. The lowest BCUT2D eigenvalue weighted by Crippen LogP contribution is -2.51. The second-order valence-corrected chi connectivity index (χ2v) is 9.74. The number of amides is 1. The molecular weight excluding hydrogens is 432 g/mol. The number of sulfonamides is 1. The number of hydrogen-bond donors (Lipinski definition) is 3. The van der Waals surface area contributed by atoms with Gasteiger partial charge in [-0.1, -0.05) is 42.5 Å². The minimum absolute atomic E-state index is 0.0128. The highest BCUT2D eigenvalue weighted by atomic mass is 32.2. The summed E-state index contributed by atoms with van der Waals surface area (Å²) in [7, 11) is -3.66. The normalized spacial score (nSPS) is 19.8. The zero-order chi connectivity index (χ0) is 23.5. The van der Waals surface area contributed by atoms with Crippen LogP contribution in [-0.2, 0) is 26.0 Å². The van der Waals surface area contributed by atoms with E-state index in [1.54, 1.807) is 36.4 Å². The van der Waals surface area contributed by atoms with E-state index >= 15 is 0 Å². The quantitative estimate of drug-likeness (QED) is 0.554. The molecule has 168 valence electrons. The zero-order valence-corrected chi connectivity index (χ0v) is 18.2. The number of nitrogens with one attached hydrogen (secondary N) is 1. The summed E-state index contributed by atoms with van der Waals surface area (Å²) < 4.78 is 24.9. The molecule has 1 aliphatic heterocycles. The van der Waals surface area contributed by atoms with Gasteiger partial charge in [0.15, 0.2) is 0 Å². The molecule has 4 N–H and O–H groups in total. The largest absolute Gasteiger partial charge is 0.480 e. The van der Waals surface area contributed by atoms with Gasteiger partial charge in [0.2, 0.25) is 15.9 Å². The molecule has 0 radical (unpaired) electrons. The van der Waals surface area contributed by atoms with Gasteiger partial charge in [0.05, 0.1) is 17.9 Å². The number of benzene rings is 2. The Morgan fingerprint density at radius 1 is 1.25 bits per heavy atom. The van der Waals surface area contributed by atoms with Crippen LogP contribution in [0.5, 0.6) is 0 Å². The zero-order valence-electron chi connectivity index (χ0n) is 17.4. The molecule has 0 spiro atoms. The monoisotopic (exact) mass is 456 g/mol. The average Bonchev–Trinajstić information content (AvgIpc) is 3.16. The molecule has 1 heterocycles. The molecule has 1 aliphatic rings. The fourth-order valence-electron chi connectivity index (χ4n) is 3.80. The van der Waals surface area contributed by atoms with Crippen molar-refractivity contribution in [3.63, 3.8) is 0 Å². The van der Waals surface area contributed by atoms with Crippen LogP contribution in [0.25, 0.3) is 11.1 Å². The molecule has 0 unspecified atom stereocenters. The van der Waals surface area contributed by atoms with Gasteiger partial charge in [0, 0.05) is 19.0 Å². The second kappa shape index (κ2) is 9.48. The lowest BCUT2D eigenvalue weighted by molar-refractivity contribution is -0.142. The topological polar surface area (TPSA) is 154 Å². The van der Waals surface area contributed by atoms with Crippen LogP contribution in [0.1, 0.15) is 17.5 Å². The van der Waals surface area contributed by atoms with Crippen LogP contribution in [0.2, 0.25) is 0 Å². The number of hydrogen-bond acceptors (Lipinski definition) is 6. The Bertz CT molecular complexity index is 1160. The average molecular weight is 457 g/mol. The molecular formula is C22H24N4O5S. The third-order valence-electron chi connectivity index (χ3n) is 5.38. The van der Waals surface area contributed by atoms with E-state index in [9.17, 15) is 28.4 Å². The summed E-state index contributed by atoms with van der Waals surface area (Å²) in [5.41, 5.74) is 8.60. The molecule has 2 aromatic rings. The molecule has 10 heteroatoms. The number of carboxylic acids is 1. The fraction of sp³-hybridized carbons (Fsp3) is 0.318. The van der Waals surface area contributed by atoms with E-state index in [4.69, 9.17) is 5.73 Å². The molecule has 0 aromatic heterocycles. The predicted octanol–water partition coefficient (Wildman–Crippen LogP) is 0.698. The van der Waals surface area contributed by atoms with Crippen LogP contribution in [0, 0.1) is 11.3 Å². The van der Waals surface area contributed by atoms with Gasteiger partial charge in [-0.25, -0.2) is 13.2 Å². The fourth-order valence-corrected chi connectivity index (χ4v) is 4.90. The van der Waals surface area contributed by atoms with E-state index in [1.807, 2.05) is 12.1 Å². The van der Waals surface area contributed by atoms with Gasteiger partial charge < -0.3 is 16.2 Å². The summed E-state index contributed by atoms with van der Waals surface area (Å²) in [5, 5.41) is 21.3. The van der Waals surface area contributed by atoms with Gasteiger partial charge in [0.25, 0.3) is 0 Å². The number of aliphatic carboxylic acids is 1. The van der Waals surface area contributed by atoms with Crippen molar-refractivity contribution in [1.29, 1.82) is 5.26 Å². The maximum absolute atomic E-state index is 12.7. The van der Waals surface area contributed by atoms with E-state index in [-0.39, 0.29) is 19.4 Å². The van der Waals surface area contributed by atoms with Crippen molar-refractivity contribution in [3.05, 3.63) is 59.7 Å². The summed E-state index contributed by atoms with van der Waals surface area (Å²) in [6.07, 6.45) is 1.13. The van der Waals surface area contributed by atoms with Crippen molar-refractivity contribution in [2.45, 2.75) is 31.0 Å². The smallest absolute Gasteiger partial charge is 0.326 e. The molecule has 32 heavy (non-hydrogen) atoms. The Kier molecular flexibility index (Phi) is 6.93. The van der Waals surface area contributed by atoms with Crippen molar-refractivity contribution >= 4 is 21.9 Å². The van der Waals surface area contributed by atoms with E-state index in [0.717, 1.165) is 21.7 Å². The minimum Gasteiger partial charge on any atom is -0.480 e. The SMILES string of the molecule is CS(=O)(=O)N1C[C@H](N)C[C@H]1C(=O)N[C@@H](Cc1ccc(-c2ccccc2C#N)cc1)C(=O)O. The van der Waals surface area contributed by atoms with E-state index < -0.39 is 40.0 Å². The number of nitrogens with zero attached hydrogens (tertiary/aromatic N) is 2. The maximum Gasteiger partial charge on any atom is 0.326 e. The van der Waals surface area contributed by atoms with E-state index in [2.05, 4.69) is 11.4 Å². The number of nitriles is 1. The molecule has 1 fully saturated rings. The lowest BCUT2D eigenvalue weighted by Gasteiger charge is -2.23. The number of rotatable bonds is 7. The van der Waals surface area contributed by atoms with Crippen LogP contribution >= 0.6 is 0 Å². The highest BCUT2D eigenvalue weighted by Gasteiger charge is 2.41. The molecule has 0 aliphatic carbocycles. The van der Waals surface area contributed by atoms with Crippen molar-refractivity contribution in [2.75, 3.05) is 12.8 Å². The number of carbonyl (C=O) groups is 2. The minimum atomic E-state index is -3.66. The predicted molar refractivity (Wildman–Crippen MR) is 118 cm³/mol. The first-order valence-corrected chi connectivity index (χ1v) is 11.8. The molecule has 2 aromatic carbocycles. The van der Waals surface area contributed by atoms with Gasteiger partial charge in [-0.15, -0.1) is 0 Å². The molecule has 3 atom stereocenters. The van der Waals surface area contributed by atoms with Crippen molar-refractivity contribution in [3.8, 4) is 17.2 Å². The molecule has 1 saturated heterocycles. The highest BCUT2D eigenvalue weighted by molar-refractivity contribution is 7.88. The van der Waals surface area contributed by atoms with Crippen LogP contribution in [-0.4, -0.2) is 60.6 Å². The first kappa shape index (κ1) is 23.4. The molecule has 1 amide bonds. The molecule has 0 saturated carbocycles. The standard InChI is InChI=1S/C22H24N4O5S/c1-32(30,31)26-13-17(24)11-20(26)21(27)25-19(22(28)29)10-14-6-8-15(9-7-14)18-5-3-2-4-16(18)12-23/h2-9,17,19-20H,10-11,13,24H2,1H3,(H,25,27)(H,28,29)/t17-,19+,20+/m1/s1. The van der Waals surface area contributed by atoms with Crippen LogP contribution < -0.4 is 11.1 Å². The Morgan fingerprint density at radius 2 is 1.91 bits per heavy atom. The van der Waals surface area contributed by atoms with Crippen molar-refractivity contribution in [1.82, 2.24) is 9.62 Å². The second-order valence-electron chi connectivity index (χ2n) is 7.80. The summed E-state index contributed by atoms with van der Waals surface area (Å²) in [6, 6.07) is 13.6. The third kappa shape index (κ3) is 5.31. The van der Waals surface area contributed by atoms with Crippen molar-refractivity contribution in [2.24, 2.45) is 5.73 Å². The molecule has 3 rings (SSSR count). The van der Waals surface area contributed by atoms with Crippen LogP contribution in [0.3, 0.4) is 0 Å². The molecule has 0 bridgehead atoms. The lowest BCUT2D eigenvalue weighted by atomic mass is 9.97. The Morgan fingerprint density at radius 3 is 2.50 bits per heavy atom. The molecule has 9 nitrogen and oxygen atoms in total. The summed E-state index contributed by atoms with van der Waals surface area (Å²) in [5.74, 6) is -1.92. The number of carboxylic acid groups (broad SMARTS) is 1.